The minimum Gasteiger partial charge on any atom is -0.487 e. The van der Waals surface area contributed by atoms with E-state index < -0.39 is 17.2 Å². The molecular weight excluding hydrogens is 456 g/mol. The van der Waals surface area contributed by atoms with Crippen molar-refractivity contribution in [3.05, 3.63) is 65.2 Å². The number of rotatable bonds is 7. The third-order valence-electron chi connectivity index (χ3n) is 6.64. The lowest BCUT2D eigenvalue weighted by molar-refractivity contribution is -0.131. The molecule has 2 atom stereocenters. The monoisotopic (exact) mass is 492 g/mol. The summed E-state index contributed by atoms with van der Waals surface area (Å²) >= 11 is 0. The van der Waals surface area contributed by atoms with Crippen LogP contribution in [0.1, 0.15) is 80.5 Å². The van der Waals surface area contributed by atoms with Crippen LogP contribution in [0.5, 0.6) is 5.75 Å². The van der Waals surface area contributed by atoms with Gasteiger partial charge in [-0.15, -0.1) is 0 Å². The normalized spacial score (nSPS) is 21.1. The first-order valence-corrected chi connectivity index (χ1v) is 12.3. The Kier molecular flexibility index (Phi) is 7.09. The number of aliphatic imine (C=N–C) groups is 1. The third kappa shape index (κ3) is 5.54. The van der Waals surface area contributed by atoms with Crippen LogP contribution in [0.15, 0.2) is 53.5 Å². The minimum atomic E-state index is -0.543. The van der Waals surface area contributed by atoms with Crippen LogP contribution >= 0.6 is 0 Å². The van der Waals surface area contributed by atoms with Crippen molar-refractivity contribution in [3.8, 4) is 5.75 Å². The molecule has 0 spiro atoms. The van der Waals surface area contributed by atoms with Crippen molar-refractivity contribution in [2.24, 2.45) is 10.7 Å². The van der Waals surface area contributed by atoms with Crippen molar-refractivity contribution in [1.29, 1.82) is 0 Å². The largest absolute Gasteiger partial charge is 0.487 e. The number of nitrogens with one attached hydrogen (secondary N) is 1. The summed E-state index contributed by atoms with van der Waals surface area (Å²) in [5.41, 5.74) is 7.60. The molecule has 0 aliphatic carbocycles. The summed E-state index contributed by atoms with van der Waals surface area (Å²) < 4.78 is 11.4. The fourth-order valence-electron chi connectivity index (χ4n) is 5.05. The quantitative estimate of drug-likeness (QED) is 0.605. The first kappa shape index (κ1) is 25.7. The van der Waals surface area contributed by atoms with Gasteiger partial charge in [0.2, 0.25) is 5.91 Å². The van der Waals surface area contributed by atoms with E-state index in [1.54, 1.807) is 18.1 Å². The lowest BCUT2D eigenvalue weighted by Gasteiger charge is -2.38. The van der Waals surface area contributed by atoms with Crippen molar-refractivity contribution < 1.29 is 19.1 Å². The van der Waals surface area contributed by atoms with Gasteiger partial charge < -0.3 is 20.5 Å². The number of methoxy groups -OCH3 is 1. The first-order chi connectivity index (χ1) is 17.0. The van der Waals surface area contributed by atoms with Gasteiger partial charge >= 0.3 is 0 Å². The van der Waals surface area contributed by atoms with Crippen LogP contribution in [-0.2, 0) is 9.53 Å². The Labute approximate surface area is 212 Å². The van der Waals surface area contributed by atoms with Gasteiger partial charge in [-0.25, -0.2) is 4.99 Å². The highest BCUT2D eigenvalue weighted by atomic mass is 16.5. The molecule has 2 aromatic carbocycles. The van der Waals surface area contributed by atoms with Gasteiger partial charge in [-0.2, -0.15) is 0 Å². The van der Waals surface area contributed by atoms with E-state index in [4.69, 9.17) is 15.2 Å². The summed E-state index contributed by atoms with van der Waals surface area (Å²) in [5.74, 6) is 0.694. The maximum Gasteiger partial charge on any atom is 0.251 e. The first-order valence-electron chi connectivity index (χ1n) is 12.3. The Morgan fingerprint density at radius 1 is 1.22 bits per heavy atom. The van der Waals surface area contributed by atoms with E-state index in [0.29, 0.717) is 25.0 Å². The second-order valence-electron chi connectivity index (χ2n) is 10.8. The van der Waals surface area contributed by atoms with Crippen molar-refractivity contribution in [3.63, 3.8) is 0 Å². The molecule has 3 N–H and O–H groups in total. The number of benzene rings is 2. The number of hydrogen-bond acceptors (Lipinski definition) is 6. The number of nitrogens with two attached hydrogens (primary N) is 1. The van der Waals surface area contributed by atoms with E-state index in [1.165, 1.54) is 0 Å². The second-order valence-corrected chi connectivity index (χ2v) is 10.8. The summed E-state index contributed by atoms with van der Waals surface area (Å²) in [6.07, 6.45) is 1.43. The maximum atomic E-state index is 13.4. The van der Waals surface area contributed by atoms with Crippen LogP contribution in [-0.4, -0.2) is 47.5 Å². The number of nitrogens with zero attached hydrogens (tertiary/aromatic N) is 2. The molecule has 2 aromatic rings. The highest BCUT2D eigenvalue weighted by Gasteiger charge is 2.38. The second kappa shape index (κ2) is 9.93. The fourth-order valence-corrected chi connectivity index (χ4v) is 5.05. The molecule has 0 saturated carbocycles. The van der Waals surface area contributed by atoms with Crippen molar-refractivity contribution in [1.82, 2.24) is 10.2 Å². The predicted octanol–water partition coefficient (Wildman–Crippen LogP) is 4.12. The van der Waals surface area contributed by atoms with E-state index in [1.807, 2.05) is 70.2 Å². The number of para-hydroxylation sites is 1. The van der Waals surface area contributed by atoms with Crippen LogP contribution < -0.4 is 15.8 Å². The summed E-state index contributed by atoms with van der Waals surface area (Å²) in [5, 5.41) is 3.19. The topological polar surface area (TPSA) is 106 Å². The van der Waals surface area contributed by atoms with Gasteiger partial charge in [-0.3, -0.25) is 14.5 Å². The van der Waals surface area contributed by atoms with Gasteiger partial charge in [0.05, 0.1) is 24.0 Å². The van der Waals surface area contributed by atoms with Crippen LogP contribution in [0.3, 0.4) is 0 Å². The third-order valence-corrected chi connectivity index (χ3v) is 6.64. The molecule has 0 fully saturated rings. The molecule has 8 nitrogen and oxygen atoms in total. The Hall–Kier alpha value is -3.39. The summed E-state index contributed by atoms with van der Waals surface area (Å²) in [7, 11) is 1.62. The van der Waals surface area contributed by atoms with Gasteiger partial charge in [0.25, 0.3) is 5.91 Å². The molecule has 8 heteroatoms. The molecule has 2 heterocycles. The van der Waals surface area contributed by atoms with Crippen molar-refractivity contribution in [2.45, 2.75) is 70.2 Å². The Bertz CT molecular complexity index is 1170. The van der Waals surface area contributed by atoms with E-state index in [-0.39, 0.29) is 30.2 Å². The van der Waals surface area contributed by atoms with E-state index in [0.717, 1.165) is 16.9 Å². The zero-order valence-corrected chi connectivity index (χ0v) is 21.7. The molecule has 4 rings (SSSR count). The molecule has 0 bridgehead atoms. The number of ether oxygens (including phenoxy) is 2. The molecule has 192 valence electrons. The lowest BCUT2D eigenvalue weighted by Crippen LogP contribution is -2.51. The number of carbonyl (C=O) groups excluding carboxylic acids is 2. The van der Waals surface area contributed by atoms with Crippen LogP contribution in [0.25, 0.3) is 0 Å². The van der Waals surface area contributed by atoms with E-state index in [2.05, 4.69) is 10.3 Å². The molecule has 0 unspecified atom stereocenters. The molecule has 0 radical (unpaired) electrons. The SMILES string of the molecule is COCC[C@H](c1cccc(C(=O)N[C@H]2CC(C)(C)Oc3ccccc32)c1)N1C(=O)CC(C)(C)N=C1N. The minimum absolute atomic E-state index is 0.0931. The van der Waals surface area contributed by atoms with Gasteiger partial charge in [-0.05, 0) is 57.9 Å². The average molecular weight is 493 g/mol. The smallest absolute Gasteiger partial charge is 0.251 e. The van der Waals surface area contributed by atoms with Gasteiger partial charge in [0.15, 0.2) is 5.96 Å². The Morgan fingerprint density at radius 3 is 2.69 bits per heavy atom. The number of carbonyl (C=O) groups is 2. The Morgan fingerprint density at radius 2 is 1.97 bits per heavy atom. The molecule has 2 amide bonds. The zero-order valence-electron chi connectivity index (χ0n) is 21.7. The molecule has 2 aliphatic rings. The summed E-state index contributed by atoms with van der Waals surface area (Å²) in [6.45, 7) is 8.24. The number of hydrogen-bond donors (Lipinski definition) is 2. The average Bonchev–Trinajstić information content (AvgIpc) is 2.79. The summed E-state index contributed by atoms with van der Waals surface area (Å²) in [4.78, 5) is 32.6. The molecule has 0 saturated heterocycles. The predicted molar refractivity (Wildman–Crippen MR) is 139 cm³/mol. The van der Waals surface area contributed by atoms with Crippen LogP contribution in [0.2, 0.25) is 0 Å². The number of fused-ring (bicyclic) bond motifs is 1. The molecular formula is C28H36N4O4. The Balaban J connectivity index is 1.61. The van der Waals surface area contributed by atoms with Gasteiger partial charge in [0.1, 0.15) is 11.4 Å². The molecule has 2 aliphatic heterocycles. The van der Waals surface area contributed by atoms with Crippen LogP contribution in [0, 0.1) is 0 Å². The fraction of sp³-hybridized carbons (Fsp3) is 0.464. The lowest BCUT2D eigenvalue weighted by atomic mass is 9.89. The number of amides is 2. The van der Waals surface area contributed by atoms with Gasteiger partial charge in [-0.1, -0.05) is 30.3 Å². The number of guanidine groups is 1. The van der Waals surface area contributed by atoms with E-state index in [9.17, 15) is 9.59 Å². The van der Waals surface area contributed by atoms with Crippen molar-refractivity contribution >= 4 is 17.8 Å². The zero-order chi connectivity index (χ0) is 26.1. The van der Waals surface area contributed by atoms with Gasteiger partial charge in [0, 0.05) is 31.3 Å². The highest BCUT2D eigenvalue weighted by Crippen LogP contribution is 2.39. The van der Waals surface area contributed by atoms with Crippen molar-refractivity contribution in [2.75, 3.05) is 13.7 Å². The van der Waals surface area contributed by atoms with Crippen LogP contribution in [0.4, 0.5) is 0 Å². The standard InChI is InChI=1S/C28H36N4O4/c1-27(2)17-24(33)32(26(29)31-27)22(13-14-35-5)18-9-8-10-19(15-18)25(34)30-21-16-28(3,4)36-23-12-7-6-11-20(21)23/h6-12,15,21-22H,13-14,16-17H2,1-5H3,(H2,29,31)(H,30,34)/t21-,22+/m0/s1. The highest BCUT2D eigenvalue weighted by molar-refractivity contribution is 5.99. The van der Waals surface area contributed by atoms with E-state index >= 15 is 0 Å². The summed E-state index contributed by atoms with van der Waals surface area (Å²) in [6, 6.07) is 14.6. The maximum absolute atomic E-state index is 13.4. The molecule has 0 aromatic heterocycles. The molecule has 36 heavy (non-hydrogen) atoms.